The number of nitrogens with one attached hydrogen (secondary N) is 1. The molecule has 1 unspecified atom stereocenters. The fourth-order valence-corrected chi connectivity index (χ4v) is 2.47. The minimum absolute atomic E-state index is 0.198. The van der Waals surface area contributed by atoms with Crippen LogP contribution in [0.2, 0.25) is 10.2 Å². The molecule has 1 aromatic heterocycles. The van der Waals surface area contributed by atoms with E-state index < -0.39 is 12.0 Å². The molecule has 1 aliphatic rings. The highest BCUT2D eigenvalue weighted by atomic mass is 35.5. The van der Waals surface area contributed by atoms with Gasteiger partial charge in [0, 0.05) is 33.6 Å². The summed E-state index contributed by atoms with van der Waals surface area (Å²) in [7, 11) is 0. The summed E-state index contributed by atoms with van der Waals surface area (Å²) in [4.78, 5) is 3.65. The summed E-state index contributed by atoms with van der Waals surface area (Å²) in [5.41, 5.74) is 2.30. The first-order chi connectivity index (χ1) is 9.56. The van der Waals surface area contributed by atoms with Crippen molar-refractivity contribution in [2.75, 3.05) is 5.32 Å². The SMILES string of the molecule is OC1Nc2cc(Cl)ccc2/C1=C\c1ccnc(Cl)c1F. The number of rotatable bonds is 1. The summed E-state index contributed by atoms with van der Waals surface area (Å²) < 4.78 is 13.9. The van der Waals surface area contributed by atoms with Gasteiger partial charge in [-0.2, -0.15) is 0 Å². The van der Waals surface area contributed by atoms with Crippen LogP contribution in [0.5, 0.6) is 0 Å². The summed E-state index contributed by atoms with van der Waals surface area (Å²) in [6.45, 7) is 0. The maximum absolute atomic E-state index is 13.9. The Balaban J connectivity index is 2.11. The third-order valence-corrected chi connectivity index (χ3v) is 3.57. The third-order valence-electron chi connectivity index (χ3n) is 3.07. The largest absolute Gasteiger partial charge is 0.369 e. The molecule has 0 aliphatic carbocycles. The highest BCUT2D eigenvalue weighted by Crippen LogP contribution is 2.37. The Kier molecular flexibility index (Phi) is 3.38. The van der Waals surface area contributed by atoms with Crippen LogP contribution < -0.4 is 5.32 Å². The van der Waals surface area contributed by atoms with E-state index in [-0.39, 0.29) is 10.7 Å². The highest BCUT2D eigenvalue weighted by Gasteiger charge is 2.24. The number of aliphatic hydroxyl groups is 1. The standard InChI is InChI=1S/C14H9Cl2FN2O/c15-8-1-2-9-10(14(20)19-11(9)6-8)5-7-3-4-18-13(16)12(7)17/h1-6,14,19-20H/b10-5+. The number of halogens is 3. The molecule has 2 N–H and O–H groups in total. The second-order valence-corrected chi connectivity index (χ2v) is 5.14. The van der Waals surface area contributed by atoms with E-state index >= 15 is 0 Å². The smallest absolute Gasteiger partial charge is 0.167 e. The zero-order chi connectivity index (χ0) is 14.3. The third kappa shape index (κ3) is 2.26. The van der Waals surface area contributed by atoms with Crippen molar-refractivity contribution in [2.24, 2.45) is 0 Å². The summed E-state index contributed by atoms with van der Waals surface area (Å²) in [5.74, 6) is -0.615. The number of benzene rings is 1. The van der Waals surface area contributed by atoms with Crippen LogP contribution in [-0.2, 0) is 0 Å². The van der Waals surface area contributed by atoms with Gasteiger partial charge in [0.05, 0.1) is 0 Å². The summed E-state index contributed by atoms with van der Waals surface area (Å²) >= 11 is 11.5. The highest BCUT2D eigenvalue weighted by molar-refractivity contribution is 6.31. The topological polar surface area (TPSA) is 45.1 Å². The van der Waals surface area contributed by atoms with Gasteiger partial charge in [-0.25, -0.2) is 9.37 Å². The lowest BCUT2D eigenvalue weighted by Gasteiger charge is -2.06. The summed E-state index contributed by atoms with van der Waals surface area (Å²) in [6, 6.07) is 6.68. The number of nitrogens with zero attached hydrogens (tertiary/aromatic N) is 1. The van der Waals surface area contributed by atoms with E-state index in [0.29, 0.717) is 16.3 Å². The van der Waals surface area contributed by atoms with E-state index in [4.69, 9.17) is 23.2 Å². The van der Waals surface area contributed by atoms with E-state index in [1.165, 1.54) is 12.3 Å². The van der Waals surface area contributed by atoms with Crippen molar-refractivity contribution < 1.29 is 9.50 Å². The van der Waals surface area contributed by atoms with Gasteiger partial charge in [0.2, 0.25) is 0 Å². The van der Waals surface area contributed by atoms with Crippen LogP contribution in [0.15, 0.2) is 30.5 Å². The predicted molar refractivity (Wildman–Crippen MR) is 78.2 cm³/mol. The molecule has 0 fully saturated rings. The Morgan fingerprint density at radius 1 is 1.30 bits per heavy atom. The Morgan fingerprint density at radius 2 is 2.10 bits per heavy atom. The molecule has 0 radical (unpaired) electrons. The Hall–Kier alpha value is -1.62. The van der Waals surface area contributed by atoms with Crippen LogP contribution in [0.4, 0.5) is 10.1 Å². The Labute approximate surface area is 124 Å². The minimum Gasteiger partial charge on any atom is -0.369 e. The molecule has 0 spiro atoms. The van der Waals surface area contributed by atoms with Gasteiger partial charge in [0.1, 0.15) is 0 Å². The van der Waals surface area contributed by atoms with Crippen LogP contribution >= 0.6 is 23.2 Å². The molecule has 0 amide bonds. The monoisotopic (exact) mass is 310 g/mol. The van der Waals surface area contributed by atoms with E-state index in [0.717, 1.165) is 5.56 Å². The number of pyridine rings is 1. The zero-order valence-electron chi connectivity index (χ0n) is 10.1. The lowest BCUT2D eigenvalue weighted by molar-refractivity contribution is 0.266. The average molecular weight is 311 g/mol. The maximum atomic E-state index is 13.9. The van der Waals surface area contributed by atoms with Gasteiger partial charge in [-0.05, 0) is 24.3 Å². The second-order valence-electron chi connectivity index (χ2n) is 4.34. The fourth-order valence-electron chi connectivity index (χ4n) is 2.13. The van der Waals surface area contributed by atoms with E-state index in [1.807, 2.05) is 0 Å². The number of hydrogen-bond acceptors (Lipinski definition) is 3. The maximum Gasteiger partial charge on any atom is 0.167 e. The van der Waals surface area contributed by atoms with Crippen molar-refractivity contribution in [2.45, 2.75) is 6.23 Å². The van der Waals surface area contributed by atoms with Crippen molar-refractivity contribution in [1.29, 1.82) is 0 Å². The average Bonchev–Trinajstić information content (AvgIpc) is 2.70. The van der Waals surface area contributed by atoms with Crippen molar-refractivity contribution in [3.05, 3.63) is 57.6 Å². The molecule has 6 heteroatoms. The van der Waals surface area contributed by atoms with Crippen molar-refractivity contribution in [3.8, 4) is 0 Å². The molecule has 102 valence electrons. The van der Waals surface area contributed by atoms with Crippen LogP contribution in [-0.4, -0.2) is 16.3 Å². The second kappa shape index (κ2) is 5.05. The van der Waals surface area contributed by atoms with Gasteiger partial charge in [-0.1, -0.05) is 29.3 Å². The molecular formula is C14H9Cl2FN2O. The first kappa shape index (κ1) is 13.4. The molecule has 3 rings (SSSR count). The van der Waals surface area contributed by atoms with E-state index in [1.54, 1.807) is 24.3 Å². The number of fused-ring (bicyclic) bond motifs is 1. The van der Waals surface area contributed by atoms with Crippen LogP contribution in [0.1, 0.15) is 11.1 Å². The summed E-state index contributed by atoms with van der Waals surface area (Å²) in [5, 5.41) is 13.3. The van der Waals surface area contributed by atoms with Gasteiger partial charge in [0.15, 0.2) is 17.2 Å². The molecule has 20 heavy (non-hydrogen) atoms. The molecular weight excluding hydrogens is 302 g/mol. The quantitative estimate of drug-likeness (QED) is 0.787. The first-order valence-corrected chi connectivity index (χ1v) is 6.58. The van der Waals surface area contributed by atoms with Gasteiger partial charge < -0.3 is 10.4 Å². The van der Waals surface area contributed by atoms with E-state index in [9.17, 15) is 9.50 Å². The Bertz CT molecular complexity index is 718. The molecule has 1 aromatic carbocycles. The molecule has 2 heterocycles. The zero-order valence-corrected chi connectivity index (χ0v) is 11.6. The van der Waals surface area contributed by atoms with E-state index in [2.05, 4.69) is 10.3 Å². The molecule has 0 saturated heterocycles. The number of aromatic nitrogens is 1. The normalized spacial score (nSPS) is 19.0. The van der Waals surface area contributed by atoms with Crippen molar-refractivity contribution >= 4 is 40.5 Å². The van der Waals surface area contributed by atoms with Crippen molar-refractivity contribution in [3.63, 3.8) is 0 Å². The van der Waals surface area contributed by atoms with Gasteiger partial charge >= 0.3 is 0 Å². The number of hydrogen-bond donors (Lipinski definition) is 2. The lowest BCUT2D eigenvalue weighted by atomic mass is 10.0. The molecule has 2 aromatic rings. The van der Waals surface area contributed by atoms with Crippen LogP contribution in [0, 0.1) is 5.82 Å². The molecule has 1 atom stereocenters. The Morgan fingerprint density at radius 3 is 2.90 bits per heavy atom. The predicted octanol–water partition coefficient (Wildman–Crippen LogP) is 3.81. The number of aliphatic hydroxyl groups excluding tert-OH is 1. The summed E-state index contributed by atoms with van der Waals surface area (Å²) in [6.07, 6.45) is 2.03. The minimum atomic E-state index is -0.921. The van der Waals surface area contributed by atoms with Crippen LogP contribution in [0.3, 0.4) is 0 Å². The number of anilines is 1. The van der Waals surface area contributed by atoms with Crippen molar-refractivity contribution in [1.82, 2.24) is 4.98 Å². The van der Waals surface area contributed by atoms with Gasteiger partial charge in [-0.15, -0.1) is 0 Å². The fraction of sp³-hybridized carbons (Fsp3) is 0.0714. The first-order valence-electron chi connectivity index (χ1n) is 5.82. The lowest BCUT2D eigenvalue weighted by Crippen LogP contribution is -2.12. The van der Waals surface area contributed by atoms with Gasteiger partial charge in [-0.3, -0.25) is 0 Å². The molecule has 0 bridgehead atoms. The molecule has 1 aliphatic heterocycles. The molecule has 0 saturated carbocycles. The molecule has 3 nitrogen and oxygen atoms in total. The van der Waals surface area contributed by atoms with Gasteiger partial charge in [0.25, 0.3) is 0 Å². The van der Waals surface area contributed by atoms with Crippen LogP contribution in [0.25, 0.3) is 11.6 Å².